The lowest BCUT2D eigenvalue weighted by Crippen LogP contribution is -2.26. The van der Waals surface area contributed by atoms with Crippen LogP contribution >= 0.6 is 0 Å². The summed E-state index contributed by atoms with van der Waals surface area (Å²) in [5.41, 5.74) is 0.540. The van der Waals surface area contributed by atoms with Crippen LogP contribution in [-0.4, -0.2) is 37.4 Å². The Labute approximate surface area is 122 Å². The van der Waals surface area contributed by atoms with Gasteiger partial charge in [0.2, 0.25) is 15.9 Å². The first-order valence-electron chi connectivity index (χ1n) is 5.98. The molecule has 1 aromatic rings. The van der Waals surface area contributed by atoms with E-state index in [2.05, 4.69) is 10.0 Å². The van der Waals surface area contributed by atoms with Gasteiger partial charge in [0.1, 0.15) is 5.75 Å². The van der Waals surface area contributed by atoms with Crippen LogP contribution in [0.3, 0.4) is 0 Å². The van der Waals surface area contributed by atoms with Gasteiger partial charge in [-0.2, -0.15) is 0 Å². The van der Waals surface area contributed by atoms with E-state index in [1.54, 1.807) is 6.26 Å². The molecule has 0 aliphatic heterocycles. The lowest BCUT2D eigenvalue weighted by atomic mass is 10.3. The van der Waals surface area contributed by atoms with E-state index in [4.69, 9.17) is 0 Å². The van der Waals surface area contributed by atoms with Gasteiger partial charge in [0, 0.05) is 25.6 Å². The molecule has 0 spiro atoms. The molecule has 2 N–H and O–H groups in total. The molecule has 20 heavy (non-hydrogen) atoms. The number of nitrogens with one attached hydrogen (secondary N) is 2. The summed E-state index contributed by atoms with van der Waals surface area (Å²) in [6.07, 6.45) is 2.10. The predicted octanol–water partition coefficient (Wildman–Crippen LogP) is 0.692. The third-order valence-electron chi connectivity index (χ3n) is 2.39. The highest BCUT2D eigenvalue weighted by Crippen LogP contribution is 2.13. The monoisotopic (exact) mass is 318 g/mol. The van der Waals surface area contributed by atoms with Crippen molar-refractivity contribution in [2.75, 3.05) is 23.9 Å². The Balaban J connectivity index is 2.61. The fourth-order valence-electron chi connectivity index (χ4n) is 1.49. The van der Waals surface area contributed by atoms with Gasteiger partial charge in [-0.25, -0.2) is 13.1 Å². The first kappa shape index (κ1) is 17.0. The quantitative estimate of drug-likeness (QED) is 0.571. The molecule has 0 aromatic heterocycles. The molecule has 1 amide bonds. The smallest absolute Gasteiger partial charge is 0.240 e. The fourth-order valence-corrected chi connectivity index (χ4v) is 3.11. The molecule has 1 rings (SSSR count). The van der Waals surface area contributed by atoms with E-state index in [1.807, 2.05) is 0 Å². The van der Waals surface area contributed by atoms with E-state index in [1.165, 1.54) is 31.2 Å². The largest absolute Gasteiger partial charge is 0.617 e. The predicted molar refractivity (Wildman–Crippen MR) is 79.5 cm³/mol. The second-order valence-electron chi connectivity index (χ2n) is 4.23. The van der Waals surface area contributed by atoms with E-state index in [0.29, 0.717) is 17.9 Å². The molecule has 112 valence electrons. The Kier molecular flexibility index (Phi) is 6.47. The lowest BCUT2D eigenvalue weighted by molar-refractivity contribution is -0.114. The number of hydrogen-bond donors (Lipinski definition) is 2. The maximum atomic E-state index is 11.9. The summed E-state index contributed by atoms with van der Waals surface area (Å²) in [6, 6.07) is 5.89. The minimum absolute atomic E-state index is 0.129. The second kappa shape index (κ2) is 7.63. The summed E-state index contributed by atoms with van der Waals surface area (Å²) >= 11 is -0.922. The van der Waals surface area contributed by atoms with Crippen molar-refractivity contribution in [2.45, 2.75) is 18.2 Å². The molecular formula is C12H18N2O4S2. The topological polar surface area (TPSA) is 98.3 Å². The molecule has 0 radical (unpaired) electrons. The van der Waals surface area contributed by atoms with Crippen LogP contribution in [-0.2, 0) is 26.0 Å². The Bertz CT molecular complexity index is 541. The zero-order chi connectivity index (χ0) is 15.2. The number of benzene rings is 1. The van der Waals surface area contributed by atoms with Gasteiger partial charge in [-0.1, -0.05) is 11.2 Å². The normalized spacial score (nSPS) is 12.9. The molecule has 0 bridgehead atoms. The Morgan fingerprint density at radius 2 is 1.90 bits per heavy atom. The second-order valence-corrected chi connectivity index (χ2v) is 7.56. The highest BCUT2D eigenvalue weighted by molar-refractivity contribution is 7.90. The van der Waals surface area contributed by atoms with E-state index in [-0.39, 0.29) is 17.3 Å². The number of amides is 1. The number of hydrogen-bond acceptors (Lipinski definition) is 4. The van der Waals surface area contributed by atoms with Crippen molar-refractivity contribution in [3.05, 3.63) is 24.3 Å². The summed E-state index contributed by atoms with van der Waals surface area (Å²) in [7, 11) is -3.57. The fraction of sp³-hybridized carbons (Fsp3) is 0.417. The van der Waals surface area contributed by atoms with Crippen molar-refractivity contribution in [2.24, 2.45) is 0 Å². The SMILES string of the molecule is CC(=O)Nc1ccc(S(=O)(=O)NCCC[S+](C)[O-])cc1. The summed E-state index contributed by atoms with van der Waals surface area (Å²) < 4.78 is 37.2. The van der Waals surface area contributed by atoms with Crippen molar-refractivity contribution in [1.82, 2.24) is 4.72 Å². The molecule has 8 heteroatoms. The number of anilines is 1. The van der Waals surface area contributed by atoms with Crippen LogP contribution in [0.5, 0.6) is 0 Å². The first-order chi connectivity index (χ1) is 9.31. The molecular weight excluding hydrogens is 300 g/mol. The third kappa shape index (κ3) is 5.91. The highest BCUT2D eigenvalue weighted by atomic mass is 32.2. The third-order valence-corrected chi connectivity index (χ3v) is 4.73. The average molecular weight is 318 g/mol. The van der Waals surface area contributed by atoms with Crippen LogP contribution in [0, 0.1) is 0 Å². The van der Waals surface area contributed by atoms with Gasteiger partial charge in [0.05, 0.1) is 11.2 Å². The minimum Gasteiger partial charge on any atom is -0.617 e. The Morgan fingerprint density at radius 3 is 2.40 bits per heavy atom. The zero-order valence-electron chi connectivity index (χ0n) is 11.4. The number of sulfonamides is 1. The molecule has 1 unspecified atom stereocenters. The van der Waals surface area contributed by atoms with Crippen molar-refractivity contribution in [3.63, 3.8) is 0 Å². The van der Waals surface area contributed by atoms with Crippen molar-refractivity contribution >= 4 is 32.8 Å². The molecule has 6 nitrogen and oxygen atoms in total. The van der Waals surface area contributed by atoms with E-state index in [9.17, 15) is 17.8 Å². The summed E-state index contributed by atoms with van der Waals surface area (Å²) in [6.45, 7) is 1.62. The minimum atomic E-state index is -3.57. The maximum Gasteiger partial charge on any atom is 0.240 e. The van der Waals surface area contributed by atoms with Gasteiger partial charge in [-0.3, -0.25) is 4.79 Å². The van der Waals surface area contributed by atoms with Crippen LogP contribution in [0.1, 0.15) is 13.3 Å². The van der Waals surface area contributed by atoms with Crippen molar-refractivity contribution in [1.29, 1.82) is 0 Å². The summed E-state index contributed by atoms with van der Waals surface area (Å²) in [4.78, 5) is 11.0. The first-order valence-corrected chi connectivity index (χ1v) is 9.19. The van der Waals surface area contributed by atoms with E-state index < -0.39 is 21.2 Å². The van der Waals surface area contributed by atoms with Gasteiger partial charge in [-0.15, -0.1) is 0 Å². The maximum absolute atomic E-state index is 11.9. The average Bonchev–Trinajstić information content (AvgIpc) is 2.34. The van der Waals surface area contributed by atoms with E-state index >= 15 is 0 Å². The molecule has 1 atom stereocenters. The molecule has 0 aliphatic carbocycles. The molecule has 1 aromatic carbocycles. The molecule has 0 saturated heterocycles. The lowest BCUT2D eigenvalue weighted by Gasteiger charge is -2.08. The Hall–Kier alpha value is -1.09. The molecule has 0 fully saturated rings. The van der Waals surface area contributed by atoms with Crippen LogP contribution in [0.25, 0.3) is 0 Å². The van der Waals surface area contributed by atoms with E-state index in [0.717, 1.165) is 0 Å². The molecule has 0 aliphatic rings. The summed E-state index contributed by atoms with van der Waals surface area (Å²) in [5, 5.41) is 2.56. The van der Waals surface area contributed by atoms with Gasteiger partial charge < -0.3 is 9.87 Å². The summed E-state index contributed by atoms with van der Waals surface area (Å²) in [5.74, 6) is 0.246. The van der Waals surface area contributed by atoms with Crippen molar-refractivity contribution in [3.8, 4) is 0 Å². The Morgan fingerprint density at radius 1 is 1.30 bits per heavy atom. The zero-order valence-corrected chi connectivity index (χ0v) is 13.0. The number of carbonyl (C=O) groups is 1. The van der Waals surface area contributed by atoms with Crippen LogP contribution in [0.4, 0.5) is 5.69 Å². The number of rotatable bonds is 7. The molecule has 0 saturated carbocycles. The van der Waals surface area contributed by atoms with Crippen LogP contribution < -0.4 is 10.0 Å². The van der Waals surface area contributed by atoms with Gasteiger partial charge >= 0.3 is 0 Å². The highest BCUT2D eigenvalue weighted by Gasteiger charge is 2.13. The van der Waals surface area contributed by atoms with Crippen molar-refractivity contribution < 1.29 is 17.8 Å². The van der Waals surface area contributed by atoms with Gasteiger partial charge in [-0.05, 0) is 24.3 Å². The van der Waals surface area contributed by atoms with Crippen LogP contribution in [0.15, 0.2) is 29.2 Å². The molecule has 0 heterocycles. The van der Waals surface area contributed by atoms with Crippen LogP contribution in [0.2, 0.25) is 0 Å². The standard InChI is InChI=1S/C12H18N2O4S2/c1-10(15)14-11-4-6-12(7-5-11)20(17,18)13-8-3-9-19(2)16/h4-7,13H,3,8-9H2,1-2H3,(H,14,15). The van der Waals surface area contributed by atoms with Gasteiger partial charge in [0.15, 0.2) is 0 Å². The van der Waals surface area contributed by atoms with Gasteiger partial charge in [0.25, 0.3) is 0 Å². The number of carbonyl (C=O) groups excluding carboxylic acids is 1.